The van der Waals surface area contributed by atoms with Gasteiger partial charge in [-0.2, -0.15) is 0 Å². The van der Waals surface area contributed by atoms with Crippen LogP contribution in [0.15, 0.2) is 36.7 Å². The smallest absolute Gasteiger partial charge is 0.112 e. The summed E-state index contributed by atoms with van der Waals surface area (Å²) in [5, 5.41) is 3.16. The predicted molar refractivity (Wildman–Crippen MR) is 70.1 cm³/mol. The van der Waals surface area contributed by atoms with E-state index in [0.717, 1.165) is 25.2 Å². The van der Waals surface area contributed by atoms with Gasteiger partial charge in [-0.05, 0) is 31.1 Å². The summed E-state index contributed by atoms with van der Waals surface area (Å²) in [5.74, 6) is 1.10. The number of imidazole rings is 1. The maximum Gasteiger partial charge on any atom is 0.112 e. The molecule has 90 valence electrons. The maximum atomic E-state index is 4.34. The summed E-state index contributed by atoms with van der Waals surface area (Å²) in [4.78, 5) is 4.34. The molecule has 1 heterocycles. The molecule has 0 aliphatic carbocycles. The average molecular weight is 229 g/mol. The number of rotatable bonds is 5. The molecule has 0 atom stereocenters. The largest absolute Gasteiger partial charge is 0.338 e. The Bertz CT molecular complexity index is 457. The lowest BCUT2D eigenvalue weighted by Crippen LogP contribution is -2.10. The van der Waals surface area contributed by atoms with E-state index in [1.807, 2.05) is 26.5 Å². The first-order valence-electron chi connectivity index (χ1n) is 5.98. The van der Waals surface area contributed by atoms with Gasteiger partial charge in [0.05, 0.1) is 0 Å². The van der Waals surface area contributed by atoms with Crippen LogP contribution < -0.4 is 5.32 Å². The summed E-state index contributed by atoms with van der Waals surface area (Å²) in [6.45, 7) is 1.03. The van der Waals surface area contributed by atoms with E-state index in [1.165, 1.54) is 11.1 Å². The van der Waals surface area contributed by atoms with Gasteiger partial charge in [0.15, 0.2) is 0 Å². The molecule has 1 aromatic carbocycles. The third-order valence-corrected chi connectivity index (χ3v) is 2.97. The number of likely N-dealkylation sites (N-methyl/N-ethyl adjacent to an activating group) is 1. The topological polar surface area (TPSA) is 29.9 Å². The monoisotopic (exact) mass is 229 g/mol. The van der Waals surface area contributed by atoms with Gasteiger partial charge < -0.3 is 9.88 Å². The van der Waals surface area contributed by atoms with Crippen molar-refractivity contribution in [2.24, 2.45) is 7.05 Å². The predicted octanol–water partition coefficient (Wildman–Crippen LogP) is 1.77. The third kappa shape index (κ3) is 3.17. The van der Waals surface area contributed by atoms with E-state index in [9.17, 15) is 0 Å². The summed E-state index contributed by atoms with van der Waals surface area (Å²) >= 11 is 0. The van der Waals surface area contributed by atoms with E-state index in [0.29, 0.717) is 0 Å². The first kappa shape index (κ1) is 11.9. The molecule has 0 unspecified atom stereocenters. The summed E-state index contributed by atoms with van der Waals surface area (Å²) in [7, 11) is 4.01. The molecule has 17 heavy (non-hydrogen) atoms. The normalized spacial score (nSPS) is 10.7. The standard InChI is InChI=1S/C14H19N3/c1-15-8-7-12-3-5-13(6-4-12)11-14-16-9-10-17(14)2/h3-6,9-10,15H,7-8,11H2,1-2H3. The Morgan fingerprint density at radius 1 is 1.18 bits per heavy atom. The zero-order valence-corrected chi connectivity index (χ0v) is 10.5. The Morgan fingerprint density at radius 3 is 2.47 bits per heavy atom. The third-order valence-electron chi connectivity index (χ3n) is 2.97. The van der Waals surface area contributed by atoms with Gasteiger partial charge in [0.1, 0.15) is 5.82 Å². The summed E-state index contributed by atoms with van der Waals surface area (Å²) in [5.41, 5.74) is 2.69. The van der Waals surface area contributed by atoms with Gasteiger partial charge in [-0.15, -0.1) is 0 Å². The van der Waals surface area contributed by atoms with Crippen LogP contribution in [0.5, 0.6) is 0 Å². The van der Waals surface area contributed by atoms with Crippen LogP contribution in [0.2, 0.25) is 0 Å². The zero-order chi connectivity index (χ0) is 12.1. The Balaban J connectivity index is 2.01. The Hall–Kier alpha value is -1.61. The molecular formula is C14H19N3. The molecule has 0 aliphatic rings. The Morgan fingerprint density at radius 2 is 1.88 bits per heavy atom. The molecule has 0 amide bonds. The second-order valence-corrected chi connectivity index (χ2v) is 4.30. The first-order chi connectivity index (χ1) is 8.29. The fourth-order valence-corrected chi connectivity index (χ4v) is 1.84. The average Bonchev–Trinajstić information content (AvgIpc) is 2.74. The minimum Gasteiger partial charge on any atom is -0.338 e. The van der Waals surface area contributed by atoms with E-state index < -0.39 is 0 Å². The summed E-state index contributed by atoms with van der Waals surface area (Å²) in [6, 6.07) is 8.80. The van der Waals surface area contributed by atoms with Crippen molar-refractivity contribution in [2.75, 3.05) is 13.6 Å². The molecule has 2 aromatic rings. The van der Waals surface area contributed by atoms with Crippen molar-refractivity contribution in [2.45, 2.75) is 12.8 Å². The van der Waals surface area contributed by atoms with E-state index >= 15 is 0 Å². The number of nitrogens with zero attached hydrogens (tertiary/aromatic N) is 2. The Kier molecular flexibility index (Phi) is 3.94. The zero-order valence-electron chi connectivity index (χ0n) is 10.5. The molecule has 3 nitrogen and oxygen atoms in total. The van der Waals surface area contributed by atoms with Gasteiger partial charge in [-0.1, -0.05) is 24.3 Å². The molecule has 0 radical (unpaired) electrons. The number of hydrogen-bond acceptors (Lipinski definition) is 2. The second-order valence-electron chi connectivity index (χ2n) is 4.30. The molecule has 0 bridgehead atoms. The van der Waals surface area contributed by atoms with Crippen molar-refractivity contribution in [3.05, 3.63) is 53.6 Å². The second kappa shape index (κ2) is 5.64. The van der Waals surface area contributed by atoms with Crippen LogP contribution in [0, 0.1) is 0 Å². The maximum absolute atomic E-state index is 4.34. The molecule has 0 saturated carbocycles. The number of hydrogen-bond donors (Lipinski definition) is 1. The van der Waals surface area contributed by atoms with Gasteiger partial charge in [-0.25, -0.2) is 4.98 Å². The van der Waals surface area contributed by atoms with Gasteiger partial charge >= 0.3 is 0 Å². The number of nitrogens with one attached hydrogen (secondary N) is 1. The lowest BCUT2D eigenvalue weighted by atomic mass is 10.1. The highest BCUT2D eigenvalue weighted by molar-refractivity contribution is 5.25. The molecule has 1 aromatic heterocycles. The minimum absolute atomic E-state index is 0.899. The number of aryl methyl sites for hydroxylation is 1. The molecule has 0 saturated heterocycles. The molecule has 2 rings (SSSR count). The lowest BCUT2D eigenvalue weighted by molar-refractivity contribution is 0.790. The Labute approximate surface area is 103 Å². The van der Waals surface area contributed by atoms with Gasteiger partial charge in [0, 0.05) is 25.9 Å². The van der Waals surface area contributed by atoms with Crippen molar-refractivity contribution in [1.29, 1.82) is 0 Å². The van der Waals surface area contributed by atoms with Crippen LogP contribution in [-0.2, 0) is 19.9 Å². The van der Waals surface area contributed by atoms with Crippen LogP contribution in [0.3, 0.4) is 0 Å². The van der Waals surface area contributed by atoms with Gasteiger partial charge in [0.2, 0.25) is 0 Å². The van der Waals surface area contributed by atoms with E-state index in [2.05, 4.69) is 39.1 Å². The van der Waals surface area contributed by atoms with Crippen molar-refractivity contribution >= 4 is 0 Å². The lowest BCUT2D eigenvalue weighted by Gasteiger charge is -2.04. The quantitative estimate of drug-likeness (QED) is 0.847. The minimum atomic E-state index is 0.899. The van der Waals surface area contributed by atoms with Crippen LogP contribution in [0.1, 0.15) is 17.0 Å². The first-order valence-corrected chi connectivity index (χ1v) is 5.98. The molecule has 3 heteroatoms. The van der Waals surface area contributed by atoms with E-state index in [-0.39, 0.29) is 0 Å². The number of benzene rings is 1. The highest BCUT2D eigenvalue weighted by Gasteiger charge is 2.01. The molecular weight excluding hydrogens is 210 g/mol. The van der Waals surface area contributed by atoms with Crippen molar-refractivity contribution in [3.63, 3.8) is 0 Å². The van der Waals surface area contributed by atoms with Crippen molar-refractivity contribution < 1.29 is 0 Å². The van der Waals surface area contributed by atoms with Crippen molar-refractivity contribution in [3.8, 4) is 0 Å². The molecule has 0 aliphatic heterocycles. The van der Waals surface area contributed by atoms with E-state index in [4.69, 9.17) is 0 Å². The van der Waals surface area contributed by atoms with Crippen LogP contribution >= 0.6 is 0 Å². The van der Waals surface area contributed by atoms with Crippen LogP contribution in [0.4, 0.5) is 0 Å². The highest BCUT2D eigenvalue weighted by Crippen LogP contribution is 2.09. The van der Waals surface area contributed by atoms with Crippen molar-refractivity contribution in [1.82, 2.24) is 14.9 Å². The molecule has 0 fully saturated rings. The fourth-order valence-electron chi connectivity index (χ4n) is 1.84. The number of aromatic nitrogens is 2. The SMILES string of the molecule is CNCCc1ccc(Cc2nccn2C)cc1. The summed E-state index contributed by atoms with van der Waals surface area (Å²) < 4.78 is 2.06. The van der Waals surface area contributed by atoms with E-state index in [1.54, 1.807) is 0 Å². The highest BCUT2D eigenvalue weighted by atomic mass is 15.0. The van der Waals surface area contributed by atoms with Gasteiger partial charge in [-0.3, -0.25) is 0 Å². The van der Waals surface area contributed by atoms with Crippen LogP contribution in [0.25, 0.3) is 0 Å². The van der Waals surface area contributed by atoms with Gasteiger partial charge in [0.25, 0.3) is 0 Å². The molecule has 1 N–H and O–H groups in total. The summed E-state index contributed by atoms with van der Waals surface area (Å²) in [6.07, 6.45) is 5.81. The molecule has 0 spiro atoms. The fraction of sp³-hybridized carbons (Fsp3) is 0.357. The van der Waals surface area contributed by atoms with Crippen LogP contribution in [-0.4, -0.2) is 23.1 Å².